The van der Waals surface area contributed by atoms with Gasteiger partial charge in [0, 0.05) is 31.5 Å². The second-order valence-corrected chi connectivity index (χ2v) is 7.14. The van der Waals surface area contributed by atoms with E-state index in [1.807, 2.05) is 31.3 Å². The zero-order chi connectivity index (χ0) is 19.8. The first-order valence-corrected chi connectivity index (χ1v) is 9.64. The molecule has 1 fully saturated rings. The van der Waals surface area contributed by atoms with E-state index in [2.05, 4.69) is 25.5 Å². The van der Waals surface area contributed by atoms with E-state index in [4.69, 9.17) is 9.72 Å². The van der Waals surface area contributed by atoms with Crippen molar-refractivity contribution >= 4 is 17.5 Å². The minimum Gasteiger partial charge on any atom is -0.383 e. The van der Waals surface area contributed by atoms with Crippen molar-refractivity contribution in [1.29, 1.82) is 0 Å². The Hall–Kier alpha value is -2.58. The van der Waals surface area contributed by atoms with E-state index in [0.717, 1.165) is 37.4 Å². The predicted molar refractivity (Wildman–Crippen MR) is 107 cm³/mol. The first-order valence-electron chi connectivity index (χ1n) is 9.64. The highest BCUT2D eigenvalue weighted by Crippen LogP contribution is 2.27. The number of anilines is 2. The Morgan fingerprint density at radius 3 is 2.82 bits per heavy atom. The molecule has 0 bridgehead atoms. The van der Waals surface area contributed by atoms with Gasteiger partial charge in [-0.15, -0.1) is 0 Å². The van der Waals surface area contributed by atoms with Crippen LogP contribution in [0.2, 0.25) is 0 Å². The number of pyridine rings is 1. The Balaban J connectivity index is 1.49. The highest BCUT2D eigenvalue weighted by atomic mass is 16.5. The van der Waals surface area contributed by atoms with Gasteiger partial charge < -0.3 is 15.4 Å². The van der Waals surface area contributed by atoms with E-state index in [9.17, 15) is 4.79 Å². The molecule has 1 aliphatic heterocycles. The molecule has 1 aliphatic rings. The molecular weight excluding hydrogens is 356 g/mol. The fourth-order valence-electron chi connectivity index (χ4n) is 3.41. The number of nitrogens with one attached hydrogen (secondary N) is 2. The summed E-state index contributed by atoms with van der Waals surface area (Å²) < 4.78 is 5.05. The van der Waals surface area contributed by atoms with Gasteiger partial charge in [-0.05, 0) is 45.0 Å². The quantitative estimate of drug-likeness (QED) is 0.718. The van der Waals surface area contributed by atoms with Gasteiger partial charge in [0.05, 0.1) is 25.0 Å². The molecule has 1 unspecified atom stereocenters. The van der Waals surface area contributed by atoms with Gasteiger partial charge in [-0.3, -0.25) is 14.7 Å². The number of rotatable bonds is 8. The minimum absolute atomic E-state index is 0.0275. The Morgan fingerprint density at radius 1 is 1.29 bits per heavy atom. The lowest BCUT2D eigenvalue weighted by Crippen LogP contribution is -2.44. The number of hydrogen-bond acceptors (Lipinski definition) is 7. The number of aromatic nitrogens is 3. The summed E-state index contributed by atoms with van der Waals surface area (Å²) in [5.74, 6) is 1.84. The van der Waals surface area contributed by atoms with Gasteiger partial charge in [0.1, 0.15) is 11.6 Å². The maximum Gasteiger partial charge on any atom is 0.234 e. The molecule has 2 aromatic rings. The van der Waals surface area contributed by atoms with E-state index < -0.39 is 0 Å². The van der Waals surface area contributed by atoms with Gasteiger partial charge in [0.25, 0.3) is 0 Å². The highest BCUT2D eigenvalue weighted by Gasteiger charge is 2.23. The second kappa shape index (κ2) is 10.1. The number of carbonyl (C=O) groups excluding carboxylic acids is 1. The summed E-state index contributed by atoms with van der Waals surface area (Å²) in [6.45, 7) is 4.63. The van der Waals surface area contributed by atoms with Crippen LogP contribution in [0.15, 0.2) is 36.8 Å². The molecule has 8 heteroatoms. The van der Waals surface area contributed by atoms with E-state index in [-0.39, 0.29) is 11.9 Å². The first kappa shape index (κ1) is 20.2. The standard InChI is InChI=1S/C20H28N6O2/c1-15(14-28-2)23-20(27)13-26-9-6-16(7-10-26)17-11-21-12-19(24-17)25-18-5-3-4-8-22-18/h3-5,8,11-12,15-16H,6-7,9-10,13-14H2,1-2H3,(H,23,27)(H,22,24,25). The van der Waals surface area contributed by atoms with Crippen molar-refractivity contribution in [2.75, 3.05) is 38.7 Å². The highest BCUT2D eigenvalue weighted by molar-refractivity contribution is 5.78. The Morgan fingerprint density at radius 2 is 2.11 bits per heavy atom. The summed E-state index contributed by atoms with van der Waals surface area (Å²) in [6, 6.07) is 5.72. The second-order valence-electron chi connectivity index (χ2n) is 7.14. The number of methoxy groups -OCH3 is 1. The summed E-state index contributed by atoms with van der Waals surface area (Å²) in [5, 5.41) is 6.15. The molecule has 0 saturated carbocycles. The smallest absolute Gasteiger partial charge is 0.234 e. The minimum atomic E-state index is 0.0275. The summed E-state index contributed by atoms with van der Waals surface area (Å²) in [5.41, 5.74) is 0.985. The Bertz CT molecular complexity index is 749. The lowest BCUT2D eigenvalue weighted by molar-refractivity contribution is -0.123. The summed E-state index contributed by atoms with van der Waals surface area (Å²) >= 11 is 0. The summed E-state index contributed by atoms with van der Waals surface area (Å²) in [6.07, 6.45) is 7.20. The number of carbonyl (C=O) groups is 1. The van der Waals surface area contributed by atoms with Crippen LogP contribution in [0.3, 0.4) is 0 Å². The molecule has 8 nitrogen and oxygen atoms in total. The average Bonchev–Trinajstić information content (AvgIpc) is 2.69. The number of nitrogens with zero attached hydrogens (tertiary/aromatic N) is 4. The van der Waals surface area contributed by atoms with Crippen molar-refractivity contribution in [3.8, 4) is 0 Å². The van der Waals surface area contributed by atoms with Gasteiger partial charge in [0.15, 0.2) is 0 Å². The van der Waals surface area contributed by atoms with Crippen molar-refractivity contribution in [2.45, 2.75) is 31.7 Å². The largest absolute Gasteiger partial charge is 0.383 e. The molecule has 2 N–H and O–H groups in total. The molecule has 0 aromatic carbocycles. The van der Waals surface area contributed by atoms with Gasteiger partial charge in [0.2, 0.25) is 5.91 Å². The third-order valence-electron chi connectivity index (χ3n) is 4.77. The number of ether oxygens (including phenoxy) is 1. The van der Waals surface area contributed by atoms with Crippen LogP contribution in [0.5, 0.6) is 0 Å². The Labute approximate surface area is 165 Å². The normalized spacial score (nSPS) is 16.5. The first-order chi connectivity index (χ1) is 13.6. The van der Waals surface area contributed by atoms with Crippen LogP contribution in [0.4, 0.5) is 11.6 Å². The molecule has 0 spiro atoms. The maximum absolute atomic E-state index is 12.1. The van der Waals surface area contributed by atoms with Crippen LogP contribution < -0.4 is 10.6 Å². The lowest BCUT2D eigenvalue weighted by atomic mass is 9.94. The number of piperidine rings is 1. The SMILES string of the molecule is COCC(C)NC(=O)CN1CCC(c2cncc(Nc3ccccn3)n2)CC1. The zero-order valence-corrected chi connectivity index (χ0v) is 16.5. The van der Waals surface area contributed by atoms with Crippen molar-refractivity contribution in [3.05, 3.63) is 42.5 Å². The van der Waals surface area contributed by atoms with Gasteiger partial charge in [-0.2, -0.15) is 0 Å². The fourth-order valence-corrected chi connectivity index (χ4v) is 3.41. The van der Waals surface area contributed by atoms with Crippen LogP contribution in [0.1, 0.15) is 31.4 Å². The third-order valence-corrected chi connectivity index (χ3v) is 4.77. The zero-order valence-electron chi connectivity index (χ0n) is 16.5. The molecule has 2 aromatic heterocycles. The lowest BCUT2D eigenvalue weighted by Gasteiger charge is -2.31. The van der Waals surface area contributed by atoms with Crippen LogP contribution in [-0.4, -0.2) is 65.2 Å². The van der Waals surface area contributed by atoms with Crippen LogP contribution in [0, 0.1) is 0 Å². The number of amides is 1. The topological polar surface area (TPSA) is 92.3 Å². The maximum atomic E-state index is 12.1. The van der Waals surface area contributed by atoms with Gasteiger partial charge in [-0.1, -0.05) is 6.07 Å². The van der Waals surface area contributed by atoms with Crippen LogP contribution in [0.25, 0.3) is 0 Å². The Kier molecular flexibility index (Phi) is 7.27. The molecule has 28 heavy (non-hydrogen) atoms. The molecule has 0 radical (unpaired) electrons. The van der Waals surface area contributed by atoms with E-state index in [1.54, 1.807) is 19.5 Å². The molecule has 150 valence electrons. The predicted octanol–water partition coefficient (Wildman–Crippen LogP) is 1.95. The molecule has 1 saturated heterocycles. The van der Waals surface area contributed by atoms with Crippen LogP contribution in [-0.2, 0) is 9.53 Å². The molecule has 3 rings (SSSR count). The van der Waals surface area contributed by atoms with Gasteiger partial charge in [-0.25, -0.2) is 9.97 Å². The molecule has 1 atom stereocenters. The number of likely N-dealkylation sites (tertiary alicyclic amines) is 1. The third kappa shape index (κ3) is 5.97. The summed E-state index contributed by atoms with van der Waals surface area (Å²) in [7, 11) is 1.64. The van der Waals surface area contributed by atoms with Crippen molar-refractivity contribution < 1.29 is 9.53 Å². The van der Waals surface area contributed by atoms with Crippen molar-refractivity contribution in [3.63, 3.8) is 0 Å². The molecular formula is C20H28N6O2. The van der Waals surface area contributed by atoms with E-state index in [1.165, 1.54) is 0 Å². The fraction of sp³-hybridized carbons (Fsp3) is 0.500. The monoisotopic (exact) mass is 384 g/mol. The van der Waals surface area contributed by atoms with Crippen molar-refractivity contribution in [2.24, 2.45) is 0 Å². The molecule has 1 amide bonds. The van der Waals surface area contributed by atoms with Crippen molar-refractivity contribution in [1.82, 2.24) is 25.2 Å². The molecule has 3 heterocycles. The average molecular weight is 384 g/mol. The van der Waals surface area contributed by atoms with E-state index in [0.29, 0.717) is 24.9 Å². The number of hydrogen-bond donors (Lipinski definition) is 2. The molecule has 0 aliphatic carbocycles. The van der Waals surface area contributed by atoms with Gasteiger partial charge >= 0.3 is 0 Å². The van der Waals surface area contributed by atoms with E-state index >= 15 is 0 Å². The summed E-state index contributed by atoms with van der Waals surface area (Å²) in [4.78, 5) is 27.6. The van der Waals surface area contributed by atoms with Crippen LogP contribution >= 0.6 is 0 Å².